The molecule has 0 aliphatic rings. The molecule has 1 unspecified atom stereocenters. The maximum absolute atomic E-state index is 12.4. The van der Waals surface area contributed by atoms with Gasteiger partial charge in [-0.15, -0.1) is 0 Å². The van der Waals surface area contributed by atoms with E-state index in [4.69, 9.17) is 12.2 Å². The van der Waals surface area contributed by atoms with Crippen molar-refractivity contribution in [3.05, 3.63) is 38.9 Å². The van der Waals surface area contributed by atoms with E-state index in [0.717, 1.165) is 12.8 Å². The van der Waals surface area contributed by atoms with Gasteiger partial charge in [0.2, 0.25) is 0 Å². The highest BCUT2D eigenvalue weighted by molar-refractivity contribution is 7.71. The van der Waals surface area contributed by atoms with Gasteiger partial charge in [0.05, 0.1) is 10.9 Å². The number of carbonyl (C=O) groups excluding carboxylic acids is 1. The van der Waals surface area contributed by atoms with E-state index in [2.05, 4.69) is 24.1 Å². The lowest BCUT2D eigenvalue weighted by Gasteiger charge is -2.15. The summed E-state index contributed by atoms with van der Waals surface area (Å²) in [5, 5.41) is 3.53. The van der Waals surface area contributed by atoms with E-state index < -0.39 is 0 Å². The summed E-state index contributed by atoms with van der Waals surface area (Å²) >= 11 is 5.13. The highest BCUT2D eigenvalue weighted by atomic mass is 32.1. The summed E-state index contributed by atoms with van der Waals surface area (Å²) in [6, 6.07) is 5.05. The lowest BCUT2D eigenvalue weighted by molar-refractivity contribution is 0.0946. The van der Waals surface area contributed by atoms with E-state index in [9.17, 15) is 9.59 Å². The van der Waals surface area contributed by atoms with Crippen LogP contribution in [0.2, 0.25) is 0 Å². The van der Waals surface area contributed by atoms with Crippen molar-refractivity contribution in [2.24, 2.45) is 13.0 Å². The summed E-state index contributed by atoms with van der Waals surface area (Å²) in [6.07, 6.45) is 4.54. The van der Waals surface area contributed by atoms with Crippen LogP contribution in [0.25, 0.3) is 10.9 Å². The average molecular weight is 347 g/mol. The maximum Gasteiger partial charge on any atom is 0.261 e. The number of rotatable bonds is 7. The molecule has 1 atom stereocenters. The normalized spacial score (nSPS) is 12.3. The van der Waals surface area contributed by atoms with Gasteiger partial charge in [0.25, 0.3) is 11.5 Å². The van der Waals surface area contributed by atoms with Crippen molar-refractivity contribution in [2.75, 3.05) is 6.54 Å². The fourth-order valence-electron chi connectivity index (χ4n) is 2.73. The summed E-state index contributed by atoms with van der Waals surface area (Å²) in [5.41, 5.74) is 0.965. The smallest absolute Gasteiger partial charge is 0.261 e. The van der Waals surface area contributed by atoms with E-state index in [0.29, 0.717) is 33.7 Å². The average Bonchev–Trinajstić information content (AvgIpc) is 2.59. The van der Waals surface area contributed by atoms with Crippen molar-refractivity contribution in [3.8, 4) is 0 Å². The molecule has 1 heterocycles. The summed E-state index contributed by atoms with van der Waals surface area (Å²) < 4.78 is 1.73. The summed E-state index contributed by atoms with van der Waals surface area (Å²) in [6.45, 7) is 5.01. The minimum atomic E-state index is -0.161. The number of aromatic amines is 1. The van der Waals surface area contributed by atoms with Gasteiger partial charge in [0.1, 0.15) is 0 Å². The number of amides is 1. The minimum absolute atomic E-state index is 0.119. The van der Waals surface area contributed by atoms with Crippen LogP contribution in [0.5, 0.6) is 0 Å². The van der Waals surface area contributed by atoms with Crippen LogP contribution < -0.4 is 10.9 Å². The highest BCUT2D eigenvalue weighted by Gasteiger charge is 2.11. The molecule has 0 fully saturated rings. The van der Waals surface area contributed by atoms with Crippen LogP contribution in [0.1, 0.15) is 49.9 Å². The molecule has 0 saturated carbocycles. The summed E-state index contributed by atoms with van der Waals surface area (Å²) in [7, 11) is 1.63. The Labute approximate surface area is 147 Å². The molecule has 2 aromatic rings. The number of nitrogens with one attached hydrogen (secondary N) is 2. The number of benzene rings is 1. The quantitative estimate of drug-likeness (QED) is 0.753. The molecule has 0 radical (unpaired) electrons. The summed E-state index contributed by atoms with van der Waals surface area (Å²) in [4.78, 5) is 27.5. The van der Waals surface area contributed by atoms with Gasteiger partial charge < -0.3 is 10.3 Å². The fourth-order valence-corrected chi connectivity index (χ4v) is 2.92. The lowest BCUT2D eigenvalue weighted by Crippen LogP contribution is -2.29. The first-order valence-corrected chi connectivity index (χ1v) is 8.90. The Morgan fingerprint density at radius 2 is 2.12 bits per heavy atom. The summed E-state index contributed by atoms with van der Waals surface area (Å²) in [5.74, 6) is 0.388. The van der Waals surface area contributed by atoms with E-state index >= 15 is 0 Å². The van der Waals surface area contributed by atoms with Crippen LogP contribution in [0.3, 0.4) is 0 Å². The second-order valence-electron chi connectivity index (χ2n) is 6.18. The first-order chi connectivity index (χ1) is 11.5. The molecule has 1 amide bonds. The van der Waals surface area contributed by atoms with Crippen molar-refractivity contribution >= 4 is 29.0 Å². The van der Waals surface area contributed by atoms with Gasteiger partial charge in [-0.2, -0.15) is 0 Å². The Morgan fingerprint density at radius 3 is 2.79 bits per heavy atom. The Bertz CT molecular complexity index is 838. The number of H-pyrrole nitrogens is 1. The zero-order chi connectivity index (χ0) is 17.7. The first kappa shape index (κ1) is 18.4. The van der Waals surface area contributed by atoms with Crippen molar-refractivity contribution in [1.29, 1.82) is 0 Å². The highest BCUT2D eigenvalue weighted by Crippen LogP contribution is 2.13. The minimum Gasteiger partial charge on any atom is -0.352 e. The van der Waals surface area contributed by atoms with Crippen LogP contribution in [-0.2, 0) is 7.05 Å². The Hall–Kier alpha value is -1.95. The zero-order valence-corrected chi connectivity index (χ0v) is 15.3. The molecule has 0 aliphatic heterocycles. The van der Waals surface area contributed by atoms with Gasteiger partial charge in [0.15, 0.2) is 4.77 Å². The van der Waals surface area contributed by atoms with Gasteiger partial charge in [-0.25, -0.2) is 0 Å². The Morgan fingerprint density at radius 1 is 1.38 bits per heavy atom. The largest absolute Gasteiger partial charge is 0.352 e. The standard InChI is InChI=1S/C18H25N3O2S/c1-4-6-7-12(5-2)11-19-16(22)13-8-9-14-15(10-13)20-18(24)21(3)17(14)23/h8-10,12H,4-7,11H2,1-3H3,(H,19,22)(H,20,24). The lowest BCUT2D eigenvalue weighted by atomic mass is 9.99. The van der Waals surface area contributed by atoms with Crippen LogP contribution in [0.4, 0.5) is 0 Å². The number of hydrogen-bond donors (Lipinski definition) is 2. The third-order valence-electron chi connectivity index (χ3n) is 4.46. The molecule has 2 N–H and O–H groups in total. The molecule has 0 bridgehead atoms. The predicted molar refractivity (Wildman–Crippen MR) is 100 cm³/mol. The molecule has 2 rings (SSSR count). The van der Waals surface area contributed by atoms with Crippen molar-refractivity contribution in [2.45, 2.75) is 39.5 Å². The van der Waals surface area contributed by atoms with Crippen LogP contribution in [0, 0.1) is 10.7 Å². The van der Waals surface area contributed by atoms with E-state index in [-0.39, 0.29) is 11.5 Å². The van der Waals surface area contributed by atoms with Gasteiger partial charge in [-0.05, 0) is 42.8 Å². The molecule has 130 valence electrons. The molecule has 0 saturated heterocycles. The molecule has 0 aliphatic carbocycles. The van der Waals surface area contributed by atoms with Gasteiger partial charge >= 0.3 is 0 Å². The van der Waals surface area contributed by atoms with Crippen molar-refractivity contribution in [3.63, 3.8) is 0 Å². The van der Waals surface area contributed by atoms with E-state index in [1.165, 1.54) is 17.4 Å². The molecule has 5 nitrogen and oxygen atoms in total. The second kappa shape index (κ2) is 8.24. The Kier molecular flexibility index (Phi) is 6.31. The SMILES string of the molecule is CCCCC(CC)CNC(=O)c1ccc2c(=O)n(C)c(=S)[nH]c2c1. The third kappa shape index (κ3) is 4.12. The number of carbonyl (C=O) groups is 1. The van der Waals surface area contributed by atoms with Crippen LogP contribution in [-0.4, -0.2) is 22.0 Å². The van der Waals surface area contributed by atoms with E-state index in [1.807, 2.05) is 0 Å². The number of fused-ring (bicyclic) bond motifs is 1. The number of unbranched alkanes of at least 4 members (excludes halogenated alkanes) is 1. The van der Waals surface area contributed by atoms with Crippen molar-refractivity contribution < 1.29 is 4.79 Å². The molecule has 6 heteroatoms. The van der Waals surface area contributed by atoms with Crippen LogP contribution >= 0.6 is 12.2 Å². The third-order valence-corrected chi connectivity index (χ3v) is 4.83. The van der Waals surface area contributed by atoms with E-state index in [1.54, 1.807) is 25.2 Å². The molecular formula is C18H25N3O2S. The Balaban J connectivity index is 2.17. The fraction of sp³-hybridized carbons (Fsp3) is 0.500. The number of aromatic nitrogens is 2. The topological polar surface area (TPSA) is 66.9 Å². The van der Waals surface area contributed by atoms with Crippen molar-refractivity contribution in [1.82, 2.24) is 14.9 Å². The maximum atomic E-state index is 12.4. The second-order valence-corrected chi connectivity index (χ2v) is 6.57. The van der Waals surface area contributed by atoms with Gasteiger partial charge in [-0.1, -0.05) is 33.1 Å². The molecule has 1 aromatic carbocycles. The van der Waals surface area contributed by atoms with Gasteiger partial charge in [0, 0.05) is 19.2 Å². The van der Waals surface area contributed by atoms with Crippen LogP contribution in [0.15, 0.2) is 23.0 Å². The molecule has 0 spiro atoms. The number of nitrogens with zero attached hydrogens (tertiary/aromatic N) is 1. The van der Waals surface area contributed by atoms with Gasteiger partial charge in [-0.3, -0.25) is 14.2 Å². The predicted octanol–water partition coefficient (Wildman–Crippen LogP) is 3.54. The zero-order valence-electron chi connectivity index (χ0n) is 14.5. The number of hydrogen-bond acceptors (Lipinski definition) is 3. The molecule has 24 heavy (non-hydrogen) atoms. The first-order valence-electron chi connectivity index (χ1n) is 8.49. The monoisotopic (exact) mass is 347 g/mol. The molecule has 1 aromatic heterocycles. The molecular weight excluding hydrogens is 322 g/mol.